The highest BCUT2D eigenvalue weighted by molar-refractivity contribution is 6.18. The van der Waals surface area contributed by atoms with Crippen molar-refractivity contribution in [2.24, 2.45) is 18.9 Å². The van der Waals surface area contributed by atoms with Gasteiger partial charge in [0.25, 0.3) is 0 Å². The van der Waals surface area contributed by atoms with Crippen LogP contribution >= 0.6 is 11.6 Å². The maximum absolute atomic E-state index is 5.99. The number of aromatic nitrogens is 4. The van der Waals surface area contributed by atoms with Crippen LogP contribution in [0.3, 0.4) is 0 Å². The maximum atomic E-state index is 5.99. The predicted molar refractivity (Wildman–Crippen MR) is 63.5 cm³/mol. The topological polar surface area (TPSA) is 55.6 Å². The minimum atomic E-state index is 0.643. The summed E-state index contributed by atoms with van der Waals surface area (Å²) in [7, 11) is 1.84. The molecular weight excluding hydrogens is 226 g/mol. The van der Waals surface area contributed by atoms with Crippen LogP contribution in [0.1, 0.15) is 25.7 Å². The lowest BCUT2D eigenvalue weighted by Gasteiger charge is -2.30. The van der Waals surface area contributed by atoms with Gasteiger partial charge in [-0.25, -0.2) is 4.68 Å². The van der Waals surface area contributed by atoms with E-state index in [1.54, 1.807) is 4.68 Å². The van der Waals surface area contributed by atoms with Crippen molar-refractivity contribution in [1.82, 2.24) is 20.2 Å². The van der Waals surface area contributed by atoms with Gasteiger partial charge < -0.3 is 5.32 Å². The van der Waals surface area contributed by atoms with Crippen molar-refractivity contribution < 1.29 is 0 Å². The number of rotatable bonds is 4. The van der Waals surface area contributed by atoms with Gasteiger partial charge >= 0.3 is 0 Å². The Labute approximate surface area is 101 Å². The molecule has 1 aromatic rings. The van der Waals surface area contributed by atoms with Crippen LogP contribution < -0.4 is 5.32 Å². The molecule has 1 fully saturated rings. The van der Waals surface area contributed by atoms with Crippen molar-refractivity contribution in [2.75, 3.05) is 17.7 Å². The number of alkyl halides is 1. The van der Waals surface area contributed by atoms with Gasteiger partial charge in [0.1, 0.15) is 0 Å². The Morgan fingerprint density at radius 3 is 2.75 bits per heavy atom. The van der Waals surface area contributed by atoms with Crippen LogP contribution in [0, 0.1) is 11.8 Å². The Kier molecular flexibility index (Phi) is 3.98. The van der Waals surface area contributed by atoms with Crippen molar-refractivity contribution in [3.05, 3.63) is 0 Å². The lowest BCUT2D eigenvalue weighted by Crippen LogP contribution is -2.28. The quantitative estimate of drug-likeness (QED) is 0.818. The summed E-state index contributed by atoms with van der Waals surface area (Å²) >= 11 is 5.99. The van der Waals surface area contributed by atoms with Crippen molar-refractivity contribution >= 4 is 17.5 Å². The lowest BCUT2D eigenvalue weighted by molar-refractivity contribution is 0.271. The van der Waals surface area contributed by atoms with E-state index in [1.807, 2.05) is 7.05 Å². The Morgan fingerprint density at radius 1 is 1.38 bits per heavy atom. The zero-order chi connectivity index (χ0) is 11.4. The SMILES string of the molecule is Cn1nnnc1NCC1CCCCC1CCl. The van der Waals surface area contributed by atoms with Crippen molar-refractivity contribution in [3.63, 3.8) is 0 Å². The van der Waals surface area contributed by atoms with Gasteiger partial charge in [-0.3, -0.25) is 0 Å². The Bertz CT molecular complexity index is 327. The van der Waals surface area contributed by atoms with Gasteiger partial charge in [-0.1, -0.05) is 17.9 Å². The van der Waals surface area contributed by atoms with Crippen LogP contribution in [-0.4, -0.2) is 32.6 Å². The highest BCUT2D eigenvalue weighted by Gasteiger charge is 2.24. The number of tetrazole rings is 1. The molecule has 0 aliphatic heterocycles. The fraction of sp³-hybridized carbons (Fsp3) is 0.900. The molecule has 0 aromatic carbocycles. The predicted octanol–water partition coefficient (Wildman–Crippen LogP) is 1.67. The first-order chi connectivity index (χ1) is 7.81. The van der Waals surface area contributed by atoms with Crippen LogP contribution in [0.25, 0.3) is 0 Å². The van der Waals surface area contributed by atoms with E-state index in [9.17, 15) is 0 Å². The molecule has 0 spiro atoms. The van der Waals surface area contributed by atoms with Crippen molar-refractivity contribution in [2.45, 2.75) is 25.7 Å². The molecule has 16 heavy (non-hydrogen) atoms. The van der Waals surface area contributed by atoms with E-state index in [4.69, 9.17) is 11.6 Å². The summed E-state index contributed by atoms with van der Waals surface area (Å²) in [4.78, 5) is 0. The lowest BCUT2D eigenvalue weighted by atomic mass is 9.80. The van der Waals surface area contributed by atoms with E-state index in [0.717, 1.165) is 18.4 Å². The third kappa shape index (κ3) is 2.64. The summed E-state index contributed by atoms with van der Waals surface area (Å²) in [5.74, 6) is 2.80. The standard InChI is InChI=1S/C10H18ClN5/c1-16-10(13-14-15-16)12-7-9-5-3-2-4-8(9)6-11/h8-9H,2-7H2,1H3,(H,12,13,15). The average Bonchev–Trinajstić information content (AvgIpc) is 2.72. The van der Waals surface area contributed by atoms with Gasteiger partial charge in [0, 0.05) is 19.5 Å². The second-order valence-corrected chi connectivity index (χ2v) is 4.77. The third-order valence-corrected chi connectivity index (χ3v) is 3.80. The number of anilines is 1. The maximum Gasteiger partial charge on any atom is 0.242 e. The number of nitrogens with zero attached hydrogens (tertiary/aromatic N) is 4. The molecule has 1 saturated carbocycles. The van der Waals surface area contributed by atoms with E-state index < -0.39 is 0 Å². The van der Waals surface area contributed by atoms with Crippen LogP contribution in [0.5, 0.6) is 0 Å². The zero-order valence-electron chi connectivity index (χ0n) is 9.56. The summed E-state index contributed by atoms with van der Waals surface area (Å²) in [6.45, 7) is 0.922. The average molecular weight is 244 g/mol. The van der Waals surface area contributed by atoms with Crippen LogP contribution in [-0.2, 0) is 7.05 Å². The summed E-state index contributed by atoms with van der Waals surface area (Å²) < 4.78 is 1.65. The molecule has 1 heterocycles. The minimum Gasteiger partial charge on any atom is -0.353 e. The molecule has 0 radical (unpaired) electrons. The Morgan fingerprint density at radius 2 is 2.12 bits per heavy atom. The van der Waals surface area contributed by atoms with Crippen molar-refractivity contribution in [1.29, 1.82) is 0 Å². The first-order valence-electron chi connectivity index (χ1n) is 5.83. The number of hydrogen-bond donors (Lipinski definition) is 1. The highest BCUT2D eigenvalue weighted by Crippen LogP contribution is 2.30. The zero-order valence-corrected chi connectivity index (χ0v) is 10.3. The van der Waals surface area contributed by atoms with Gasteiger partial charge in [-0.05, 0) is 35.1 Å². The van der Waals surface area contributed by atoms with Crippen LogP contribution in [0.4, 0.5) is 5.95 Å². The summed E-state index contributed by atoms with van der Waals surface area (Å²) in [5.41, 5.74) is 0. The second kappa shape index (κ2) is 5.48. The molecule has 0 bridgehead atoms. The summed E-state index contributed by atoms with van der Waals surface area (Å²) in [6.07, 6.45) is 5.15. The van der Waals surface area contributed by atoms with Gasteiger partial charge in [0.2, 0.25) is 5.95 Å². The monoisotopic (exact) mass is 243 g/mol. The van der Waals surface area contributed by atoms with Crippen molar-refractivity contribution in [3.8, 4) is 0 Å². The smallest absolute Gasteiger partial charge is 0.242 e. The normalized spacial score (nSPS) is 25.6. The molecule has 1 aliphatic carbocycles. The van der Waals surface area contributed by atoms with E-state index in [0.29, 0.717) is 11.8 Å². The summed E-state index contributed by atoms with van der Waals surface area (Å²) in [5, 5.41) is 14.6. The number of aryl methyl sites for hydroxylation is 1. The molecule has 2 atom stereocenters. The van der Waals surface area contributed by atoms with E-state index in [-0.39, 0.29) is 0 Å². The van der Waals surface area contributed by atoms with Crippen LogP contribution in [0.2, 0.25) is 0 Å². The van der Waals surface area contributed by atoms with Gasteiger partial charge in [0.15, 0.2) is 0 Å². The molecule has 1 aliphatic rings. The fourth-order valence-electron chi connectivity index (χ4n) is 2.36. The third-order valence-electron chi connectivity index (χ3n) is 3.41. The first-order valence-corrected chi connectivity index (χ1v) is 6.37. The Balaban J connectivity index is 1.86. The molecule has 1 aromatic heterocycles. The molecule has 2 rings (SSSR count). The number of halogens is 1. The Hall–Kier alpha value is -0.840. The van der Waals surface area contributed by atoms with E-state index >= 15 is 0 Å². The van der Waals surface area contributed by atoms with Crippen LogP contribution in [0.15, 0.2) is 0 Å². The van der Waals surface area contributed by atoms with E-state index in [2.05, 4.69) is 20.8 Å². The highest BCUT2D eigenvalue weighted by atomic mass is 35.5. The molecule has 0 amide bonds. The molecule has 90 valence electrons. The second-order valence-electron chi connectivity index (χ2n) is 4.47. The van der Waals surface area contributed by atoms with Gasteiger partial charge in [-0.2, -0.15) is 0 Å². The minimum absolute atomic E-state index is 0.643. The molecular formula is C10H18ClN5. The number of hydrogen-bond acceptors (Lipinski definition) is 4. The first kappa shape index (κ1) is 11.6. The molecule has 2 unspecified atom stereocenters. The molecule has 5 nitrogen and oxygen atoms in total. The number of nitrogens with one attached hydrogen (secondary N) is 1. The molecule has 6 heteroatoms. The fourth-order valence-corrected chi connectivity index (χ4v) is 2.76. The molecule has 0 saturated heterocycles. The largest absolute Gasteiger partial charge is 0.353 e. The summed E-state index contributed by atoms with van der Waals surface area (Å²) in [6, 6.07) is 0. The van der Waals surface area contributed by atoms with Gasteiger partial charge in [0.05, 0.1) is 0 Å². The van der Waals surface area contributed by atoms with E-state index in [1.165, 1.54) is 25.7 Å². The molecule has 1 N–H and O–H groups in total. The van der Waals surface area contributed by atoms with Gasteiger partial charge in [-0.15, -0.1) is 11.6 Å².